The van der Waals surface area contributed by atoms with E-state index in [0.29, 0.717) is 0 Å². The molecule has 0 aliphatic rings. The molecular weight excluding hydrogens is 240 g/mol. The van der Waals surface area contributed by atoms with Gasteiger partial charge < -0.3 is 5.11 Å². The van der Waals surface area contributed by atoms with Gasteiger partial charge in [-0.1, -0.05) is 18.2 Å². The molecule has 0 aliphatic heterocycles. The first-order valence-corrected chi connectivity index (χ1v) is 5.93. The summed E-state index contributed by atoms with van der Waals surface area (Å²) in [6.07, 6.45) is 3.78. The summed E-state index contributed by atoms with van der Waals surface area (Å²) in [7, 11) is 0. The predicted molar refractivity (Wildman–Crippen MR) is 72.3 cm³/mol. The third kappa shape index (κ3) is 1.87. The van der Waals surface area contributed by atoms with Crippen molar-refractivity contribution in [1.82, 2.24) is 9.38 Å². The first-order valence-electron chi connectivity index (χ1n) is 5.93. The molecule has 19 heavy (non-hydrogen) atoms. The molecule has 0 radical (unpaired) electrons. The van der Waals surface area contributed by atoms with Crippen LogP contribution < -0.4 is 0 Å². The number of benzene rings is 1. The Kier molecular flexibility index (Phi) is 2.56. The highest BCUT2D eigenvalue weighted by Gasteiger charge is 2.08. The summed E-state index contributed by atoms with van der Waals surface area (Å²) >= 11 is 0. The molecule has 3 rings (SSSR count). The fourth-order valence-electron chi connectivity index (χ4n) is 2.14. The Hall–Kier alpha value is -2.62. The van der Waals surface area contributed by atoms with Crippen molar-refractivity contribution in [3.8, 4) is 11.4 Å². The van der Waals surface area contributed by atoms with Crippen molar-refractivity contribution < 1.29 is 9.90 Å². The highest BCUT2D eigenvalue weighted by Crippen LogP contribution is 2.21. The number of carboxylic acid groups (broad SMARTS) is 1. The van der Waals surface area contributed by atoms with Crippen molar-refractivity contribution in [3.05, 3.63) is 59.9 Å². The average Bonchev–Trinajstić information content (AvgIpc) is 2.84. The molecule has 0 spiro atoms. The fraction of sp³-hybridized carbons (Fsp3) is 0.0667. The molecular formula is C15H12N2O2. The van der Waals surface area contributed by atoms with Crippen molar-refractivity contribution in [3.63, 3.8) is 0 Å². The van der Waals surface area contributed by atoms with E-state index >= 15 is 0 Å². The van der Waals surface area contributed by atoms with Gasteiger partial charge in [0.15, 0.2) is 0 Å². The van der Waals surface area contributed by atoms with Gasteiger partial charge in [0.25, 0.3) is 0 Å². The van der Waals surface area contributed by atoms with E-state index in [1.54, 1.807) is 24.3 Å². The standard InChI is InChI=1S/C15H12N2O2/c1-10-3-2-8-17-13(10)9-16-14(17)11-4-6-12(7-5-11)15(18)19/h2-9H,1H3,(H,18,19). The van der Waals surface area contributed by atoms with E-state index in [1.165, 1.54) is 0 Å². The normalized spacial score (nSPS) is 10.8. The fourth-order valence-corrected chi connectivity index (χ4v) is 2.14. The molecule has 2 heterocycles. The molecule has 4 heteroatoms. The van der Waals surface area contributed by atoms with Gasteiger partial charge in [0.05, 0.1) is 17.3 Å². The lowest BCUT2D eigenvalue weighted by Crippen LogP contribution is -1.96. The average molecular weight is 252 g/mol. The third-order valence-electron chi connectivity index (χ3n) is 3.17. The summed E-state index contributed by atoms with van der Waals surface area (Å²) in [6.45, 7) is 2.04. The quantitative estimate of drug-likeness (QED) is 0.762. The zero-order valence-electron chi connectivity index (χ0n) is 10.4. The second-order valence-electron chi connectivity index (χ2n) is 4.41. The molecule has 1 N–H and O–H groups in total. The summed E-state index contributed by atoms with van der Waals surface area (Å²) in [5, 5.41) is 8.89. The van der Waals surface area contributed by atoms with Gasteiger partial charge in [0, 0.05) is 11.8 Å². The SMILES string of the molecule is Cc1cccn2c(-c3ccc(C(=O)O)cc3)ncc12. The highest BCUT2D eigenvalue weighted by atomic mass is 16.4. The van der Waals surface area contributed by atoms with Crippen molar-refractivity contribution >= 4 is 11.5 Å². The van der Waals surface area contributed by atoms with E-state index < -0.39 is 5.97 Å². The van der Waals surface area contributed by atoms with E-state index in [0.717, 1.165) is 22.5 Å². The summed E-state index contributed by atoms with van der Waals surface area (Å²) in [5.41, 5.74) is 3.39. The molecule has 0 saturated carbocycles. The van der Waals surface area contributed by atoms with Crippen LogP contribution in [0, 0.1) is 6.92 Å². The largest absolute Gasteiger partial charge is 0.478 e. The van der Waals surface area contributed by atoms with Crippen molar-refractivity contribution in [2.24, 2.45) is 0 Å². The van der Waals surface area contributed by atoms with E-state index in [1.807, 2.05) is 35.9 Å². The number of hydrogen-bond acceptors (Lipinski definition) is 2. The molecule has 0 aliphatic carbocycles. The van der Waals surface area contributed by atoms with E-state index in [4.69, 9.17) is 5.11 Å². The summed E-state index contributed by atoms with van der Waals surface area (Å²) in [4.78, 5) is 15.3. The van der Waals surface area contributed by atoms with Crippen LogP contribution in [-0.2, 0) is 0 Å². The van der Waals surface area contributed by atoms with Gasteiger partial charge in [0.2, 0.25) is 0 Å². The van der Waals surface area contributed by atoms with Gasteiger partial charge in [-0.25, -0.2) is 9.78 Å². The Morgan fingerprint density at radius 2 is 1.95 bits per heavy atom. The molecule has 0 bridgehead atoms. The number of aromatic carboxylic acids is 1. The molecule has 0 amide bonds. The summed E-state index contributed by atoms with van der Waals surface area (Å²) in [5.74, 6) is -0.106. The second-order valence-corrected chi connectivity index (χ2v) is 4.41. The van der Waals surface area contributed by atoms with Crippen LogP contribution in [0.5, 0.6) is 0 Å². The van der Waals surface area contributed by atoms with Crippen LogP contribution in [0.3, 0.4) is 0 Å². The highest BCUT2D eigenvalue weighted by molar-refractivity contribution is 5.88. The maximum Gasteiger partial charge on any atom is 0.335 e. The summed E-state index contributed by atoms with van der Waals surface area (Å²) in [6, 6.07) is 10.7. The molecule has 4 nitrogen and oxygen atoms in total. The Balaban J connectivity index is 2.14. The minimum Gasteiger partial charge on any atom is -0.478 e. The zero-order valence-corrected chi connectivity index (χ0v) is 10.4. The van der Waals surface area contributed by atoms with Crippen molar-refractivity contribution in [2.45, 2.75) is 6.92 Å². The van der Waals surface area contributed by atoms with Crippen LogP contribution in [0.2, 0.25) is 0 Å². The maximum atomic E-state index is 10.8. The van der Waals surface area contributed by atoms with Crippen LogP contribution in [0.1, 0.15) is 15.9 Å². The number of rotatable bonds is 2. The van der Waals surface area contributed by atoms with Gasteiger partial charge in [-0.05, 0) is 30.7 Å². The number of aromatic nitrogens is 2. The van der Waals surface area contributed by atoms with E-state index in [-0.39, 0.29) is 5.56 Å². The van der Waals surface area contributed by atoms with Crippen LogP contribution in [0.25, 0.3) is 16.9 Å². The Morgan fingerprint density at radius 3 is 2.63 bits per heavy atom. The van der Waals surface area contributed by atoms with Crippen LogP contribution in [-0.4, -0.2) is 20.5 Å². The van der Waals surface area contributed by atoms with Crippen LogP contribution in [0.15, 0.2) is 48.8 Å². The second kappa shape index (κ2) is 4.24. The minimum absolute atomic E-state index is 0.279. The predicted octanol–water partition coefficient (Wildman–Crippen LogP) is 3.01. The minimum atomic E-state index is -0.921. The monoisotopic (exact) mass is 252 g/mol. The van der Waals surface area contributed by atoms with Gasteiger partial charge in [-0.3, -0.25) is 4.40 Å². The third-order valence-corrected chi connectivity index (χ3v) is 3.17. The van der Waals surface area contributed by atoms with Crippen molar-refractivity contribution in [1.29, 1.82) is 0 Å². The maximum absolute atomic E-state index is 10.8. The number of imidazole rings is 1. The number of pyridine rings is 1. The Bertz CT molecular complexity index is 757. The smallest absolute Gasteiger partial charge is 0.335 e. The lowest BCUT2D eigenvalue weighted by Gasteiger charge is -2.03. The van der Waals surface area contributed by atoms with Gasteiger partial charge >= 0.3 is 5.97 Å². The molecule has 0 atom stereocenters. The number of nitrogens with zero attached hydrogens (tertiary/aromatic N) is 2. The van der Waals surface area contributed by atoms with E-state index in [2.05, 4.69) is 4.98 Å². The molecule has 0 unspecified atom stereocenters. The van der Waals surface area contributed by atoms with Crippen LogP contribution >= 0.6 is 0 Å². The lowest BCUT2D eigenvalue weighted by atomic mass is 10.1. The zero-order chi connectivity index (χ0) is 13.4. The number of hydrogen-bond donors (Lipinski definition) is 1. The van der Waals surface area contributed by atoms with Crippen LogP contribution in [0.4, 0.5) is 0 Å². The number of aryl methyl sites for hydroxylation is 1. The molecule has 94 valence electrons. The number of fused-ring (bicyclic) bond motifs is 1. The molecule has 2 aromatic heterocycles. The topological polar surface area (TPSA) is 54.6 Å². The molecule has 0 saturated heterocycles. The Morgan fingerprint density at radius 1 is 1.21 bits per heavy atom. The molecule has 0 fully saturated rings. The lowest BCUT2D eigenvalue weighted by molar-refractivity contribution is 0.0697. The number of carbonyl (C=O) groups is 1. The Labute approximate surface area is 110 Å². The summed E-state index contributed by atoms with van der Waals surface area (Å²) < 4.78 is 2.01. The molecule has 1 aromatic carbocycles. The number of carboxylic acids is 1. The first-order chi connectivity index (χ1) is 9.16. The van der Waals surface area contributed by atoms with E-state index in [9.17, 15) is 4.79 Å². The van der Waals surface area contributed by atoms with Crippen molar-refractivity contribution in [2.75, 3.05) is 0 Å². The first kappa shape index (κ1) is 11.5. The van der Waals surface area contributed by atoms with Gasteiger partial charge in [-0.2, -0.15) is 0 Å². The molecule has 3 aromatic rings. The van der Waals surface area contributed by atoms with Gasteiger partial charge in [0.1, 0.15) is 5.82 Å². The van der Waals surface area contributed by atoms with Gasteiger partial charge in [-0.15, -0.1) is 0 Å².